The van der Waals surface area contributed by atoms with Gasteiger partial charge < -0.3 is 5.11 Å². The van der Waals surface area contributed by atoms with Crippen molar-refractivity contribution in [2.45, 2.75) is 37.3 Å². The van der Waals surface area contributed by atoms with Crippen molar-refractivity contribution < 1.29 is 9.50 Å². The van der Waals surface area contributed by atoms with E-state index in [1.54, 1.807) is 6.07 Å². The van der Waals surface area contributed by atoms with Crippen molar-refractivity contribution in [2.24, 2.45) is 0 Å². The summed E-state index contributed by atoms with van der Waals surface area (Å²) in [5.74, 6) is -0.215. The minimum absolute atomic E-state index is 0.215. The van der Waals surface area contributed by atoms with Crippen molar-refractivity contribution in [3.63, 3.8) is 0 Å². The maximum atomic E-state index is 13.1. The normalized spacial score (nSPS) is 32.9. The van der Waals surface area contributed by atoms with Gasteiger partial charge in [0.05, 0.1) is 5.60 Å². The van der Waals surface area contributed by atoms with E-state index in [2.05, 4.69) is 4.90 Å². The lowest BCUT2D eigenvalue weighted by molar-refractivity contribution is 0.0140. The van der Waals surface area contributed by atoms with Gasteiger partial charge in [-0.15, -0.1) is 0 Å². The second-order valence-corrected chi connectivity index (χ2v) is 5.35. The van der Waals surface area contributed by atoms with Crippen LogP contribution in [0.1, 0.15) is 24.8 Å². The molecule has 2 aliphatic rings. The van der Waals surface area contributed by atoms with E-state index in [1.165, 1.54) is 18.6 Å². The summed E-state index contributed by atoms with van der Waals surface area (Å²) in [6, 6.07) is 6.89. The van der Waals surface area contributed by atoms with Crippen LogP contribution in [0, 0.1) is 5.82 Å². The highest BCUT2D eigenvalue weighted by atomic mass is 19.1. The predicted molar refractivity (Wildman–Crippen MR) is 64.3 cm³/mol. The van der Waals surface area contributed by atoms with Gasteiger partial charge in [0, 0.05) is 19.0 Å². The molecule has 2 atom stereocenters. The van der Waals surface area contributed by atoms with E-state index in [9.17, 15) is 9.50 Å². The zero-order chi connectivity index (χ0) is 11.9. The van der Waals surface area contributed by atoms with Gasteiger partial charge in [-0.1, -0.05) is 12.1 Å². The molecule has 0 amide bonds. The highest BCUT2D eigenvalue weighted by molar-refractivity contribution is 5.20. The molecule has 0 aliphatic carbocycles. The number of nitrogens with zero attached hydrogens (tertiary/aromatic N) is 1. The number of aliphatic hydroxyl groups is 1. The fourth-order valence-electron chi connectivity index (χ4n) is 3.41. The maximum Gasteiger partial charge on any atom is 0.123 e. The first-order valence-electron chi connectivity index (χ1n) is 6.38. The molecule has 2 nitrogen and oxygen atoms in total. The molecule has 92 valence electrons. The zero-order valence-corrected chi connectivity index (χ0v) is 9.90. The third kappa shape index (κ3) is 1.98. The van der Waals surface area contributed by atoms with E-state index in [0.717, 1.165) is 31.5 Å². The van der Waals surface area contributed by atoms with Gasteiger partial charge in [-0.25, -0.2) is 4.39 Å². The highest BCUT2D eigenvalue weighted by Gasteiger charge is 2.47. The van der Waals surface area contributed by atoms with Crippen molar-refractivity contribution in [1.82, 2.24) is 4.90 Å². The molecule has 2 fully saturated rings. The summed E-state index contributed by atoms with van der Waals surface area (Å²) in [5, 5.41) is 10.7. The predicted octanol–water partition coefficient (Wildman–Crippen LogP) is 1.97. The van der Waals surface area contributed by atoms with Crippen LogP contribution in [0.3, 0.4) is 0 Å². The summed E-state index contributed by atoms with van der Waals surface area (Å²) in [6.45, 7) is 2.09. The molecule has 1 aromatic carbocycles. The van der Waals surface area contributed by atoms with Crippen LogP contribution in [-0.2, 0) is 6.42 Å². The van der Waals surface area contributed by atoms with Crippen molar-refractivity contribution in [1.29, 1.82) is 0 Å². The molecule has 0 spiro atoms. The van der Waals surface area contributed by atoms with Gasteiger partial charge in [0.2, 0.25) is 0 Å². The number of fused-ring (bicyclic) bond motifs is 1. The van der Waals surface area contributed by atoms with Crippen molar-refractivity contribution >= 4 is 0 Å². The Hall–Kier alpha value is -0.930. The van der Waals surface area contributed by atoms with Crippen LogP contribution >= 0.6 is 0 Å². The fraction of sp³-hybridized carbons (Fsp3) is 0.571. The third-order valence-electron chi connectivity index (χ3n) is 4.22. The summed E-state index contributed by atoms with van der Waals surface area (Å²) < 4.78 is 13.1. The Kier molecular flexibility index (Phi) is 2.68. The summed E-state index contributed by atoms with van der Waals surface area (Å²) in [5.41, 5.74) is 0.255. The summed E-state index contributed by atoms with van der Waals surface area (Å²) >= 11 is 0. The summed E-state index contributed by atoms with van der Waals surface area (Å²) in [4.78, 5) is 2.37. The maximum absolute atomic E-state index is 13.1. The van der Waals surface area contributed by atoms with Crippen LogP contribution in [0.5, 0.6) is 0 Å². The Morgan fingerprint density at radius 2 is 2.29 bits per heavy atom. The van der Waals surface area contributed by atoms with Crippen LogP contribution in [0.2, 0.25) is 0 Å². The van der Waals surface area contributed by atoms with Crippen LogP contribution in [0.15, 0.2) is 24.3 Å². The second kappa shape index (κ2) is 4.07. The van der Waals surface area contributed by atoms with Gasteiger partial charge in [-0.3, -0.25) is 4.90 Å². The lowest BCUT2D eigenvalue weighted by atomic mass is 9.86. The molecule has 0 radical (unpaired) electrons. The average Bonchev–Trinajstić information content (AvgIpc) is 2.84. The fourth-order valence-corrected chi connectivity index (χ4v) is 3.41. The minimum atomic E-state index is -0.649. The van der Waals surface area contributed by atoms with Crippen LogP contribution in [0.4, 0.5) is 4.39 Å². The topological polar surface area (TPSA) is 23.5 Å². The summed E-state index contributed by atoms with van der Waals surface area (Å²) in [7, 11) is 0. The first-order chi connectivity index (χ1) is 8.17. The van der Waals surface area contributed by atoms with Gasteiger partial charge in [-0.05, 0) is 43.5 Å². The molecular formula is C14H18FNO. The van der Waals surface area contributed by atoms with E-state index >= 15 is 0 Å². The summed E-state index contributed by atoms with van der Waals surface area (Å²) in [6.07, 6.45) is 3.64. The van der Waals surface area contributed by atoms with Crippen LogP contribution < -0.4 is 0 Å². The van der Waals surface area contributed by atoms with Crippen molar-refractivity contribution in [3.05, 3.63) is 35.6 Å². The molecular weight excluding hydrogens is 217 g/mol. The van der Waals surface area contributed by atoms with E-state index < -0.39 is 5.60 Å². The number of rotatable bonds is 2. The Labute approximate surface area is 101 Å². The number of benzene rings is 1. The van der Waals surface area contributed by atoms with E-state index in [0.29, 0.717) is 6.42 Å². The SMILES string of the molecule is OC1(Cc2cccc(F)c2)CCN2CCCC21. The van der Waals surface area contributed by atoms with E-state index in [1.807, 2.05) is 6.07 Å². The molecule has 3 heteroatoms. The number of hydrogen-bond donors (Lipinski definition) is 1. The number of halogens is 1. The molecule has 2 saturated heterocycles. The molecule has 1 N–H and O–H groups in total. The molecule has 0 bridgehead atoms. The molecule has 0 aromatic heterocycles. The Bertz CT molecular complexity index is 422. The van der Waals surface area contributed by atoms with Gasteiger partial charge in [0.25, 0.3) is 0 Å². The highest BCUT2D eigenvalue weighted by Crippen LogP contribution is 2.38. The van der Waals surface area contributed by atoms with Gasteiger partial charge in [-0.2, -0.15) is 0 Å². The molecule has 2 heterocycles. The zero-order valence-electron chi connectivity index (χ0n) is 9.90. The third-order valence-corrected chi connectivity index (χ3v) is 4.22. The van der Waals surface area contributed by atoms with Crippen molar-refractivity contribution in [2.75, 3.05) is 13.1 Å². The largest absolute Gasteiger partial charge is 0.388 e. The number of hydrogen-bond acceptors (Lipinski definition) is 2. The van der Waals surface area contributed by atoms with Crippen LogP contribution in [0.25, 0.3) is 0 Å². The van der Waals surface area contributed by atoms with Gasteiger partial charge in [0.15, 0.2) is 0 Å². The van der Waals surface area contributed by atoms with E-state index in [4.69, 9.17) is 0 Å². The Morgan fingerprint density at radius 1 is 1.41 bits per heavy atom. The first-order valence-corrected chi connectivity index (χ1v) is 6.38. The monoisotopic (exact) mass is 235 g/mol. The molecule has 3 rings (SSSR count). The minimum Gasteiger partial charge on any atom is -0.388 e. The Balaban J connectivity index is 1.80. The van der Waals surface area contributed by atoms with Gasteiger partial charge >= 0.3 is 0 Å². The van der Waals surface area contributed by atoms with Crippen molar-refractivity contribution in [3.8, 4) is 0 Å². The smallest absolute Gasteiger partial charge is 0.123 e. The van der Waals surface area contributed by atoms with Crippen LogP contribution in [-0.4, -0.2) is 34.7 Å². The molecule has 17 heavy (non-hydrogen) atoms. The van der Waals surface area contributed by atoms with Gasteiger partial charge in [0.1, 0.15) is 5.82 Å². The molecule has 0 saturated carbocycles. The Morgan fingerprint density at radius 3 is 3.12 bits per heavy atom. The molecule has 2 aliphatic heterocycles. The average molecular weight is 235 g/mol. The quantitative estimate of drug-likeness (QED) is 0.847. The first kappa shape index (κ1) is 11.2. The lowest BCUT2D eigenvalue weighted by Crippen LogP contribution is -2.43. The van der Waals surface area contributed by atoms with E-state index in [-0.39, 0.29) is 11.9 Å². The molecule has 1 aromatic rings. The molecule has 2 unspecified atom stereocenters. The lowest BCUT2D eigenvalue weighted by Gasteiger charge is -2.30. The second-order valence-electron chi connectivity index (χ2n) is 5.35. The standard InChI is InChI=1S/C14H18FNO/c15-12-4-1-3-11(9-12)10-14(17)6-8-16-7-2-5-13(14)16/h1,3-4,9,13,17H,2,5-8,10H2.